The van der Waals surface area contributed by atoms with Gasteiger partial charge in [0.1, 0.15) is 5.82 Å². The van der Waals surface area contributed by atoms with Crippen LogP contribution in [0, 0.1) is 0 Å². The van der Waals surface area contributed by atoms with Gasteiger partial charge in [0.25, 0.3) is 0 Å². The summed E-state index contributed by atoms with van der Waals surface area (Å²) >= 11 is 6.19. The minimum atomic E-state index is -4.40. The van der Waals surface area contributed by atoms with Crippen LogP contribution in [0.2, 0.25) is 5.02 Å². The summed E-state index contributed by atoms with van der Waals surface area (Å²) in [6, 6.07) is 9.75. The summed E-state index contributed by atoms with van der Waals surface area (Å²) in [5.74, 6) is 0.375. The summed E-state index contributed by atoms with van der Waals surface area (Å²) in [7, 11) is 0. The second-order valence-corrected chi connectivity index (χ2v) is 7.28. The van der Waals surface area contributed by atoms with Crippen LogP contribution in [0.25, 0.3) is 5.57 Å². The minimum absolute atomic E-state index is 0.107. The molecule has 0 atom stereocenters. The number of hydrogen-bond donors (Lipinski definition) is 0. The van der Waals surface area contributed by atoms with E-state index in [0.29, 0.717) is 43.4 Å². The van der Waals surface area contributed by atoms with Crippen LogP contribution in [-0.2, 0) is 11.0 Å². The molecule has 0 spiro atoms. The molecule has 1 aliphatic heterocycles. The van der Waals surface area contributed by atoms with Gasteiger partial charge in [0.05, 0.1) is 5.56 Å². The second-order valence-electron chi connectivity index (χ2n) is 6.88. The maximum Gasteiger partial charge on any atom is 0.417 e. The highest BCUT2D eigenvalue weighted by Crippen LogP contribution is 2.29. The van der Waals surface area contributed by atoms with Gasteiger partial charge in [-0.2, -0.15) is 13.2 Å². The van der Waals surface area contributed by atoms with E-state index < -0.39 is 11.7 Å². The minimum Gasteiger partial charge on any atom is -0.355 e. The Morgan fingerprint density at radius 3 is 2.52 bits per heavy atom. The Balaban J connectivity index is 1.66. The average Bonchev–Trinajstić information content (AvgIpc) is 2.94. The van der Waals surface area contributed by atoms with Crippen molar-refractivity contribution in [2.75, 3.05) is 31.1 Å². The van der Waals surface area contributed by atoms with E-state index in [1.807, 2.05) is 30.0 Å². The van der Waals surface area contributed by atoms with Crippen molar-refractivity contribution in [1.29, 1.82) is 0 Å². The first-order valence-corrected chi connectivity index (χ1v) is 9.64. The standard InChI is InChI=1S/C21H21ClF3N3O/c1-15(17-5-2-3-6-18(17)22)13-20(29)28-10-4-9-27(11-12-28)19-8-7-16(14-26-19)21(23,24)25/h2-3,5-8,13-14H,4,9-12H2,1H3. The summed E-state index contributed by atoms with van der Waals surface area (Å²) in [6.07, 6.45) is -1.28. The number of allylic oxidation sites excluding steroid dienone is 1. The number of nitrogens with zero attached hydrogens (tertiary/aromatic N) is 3. The molecule has 1 aromatic heterocycles. The SMILES string of the molecule is CC(=CC(=O)N1CCCN(c2ccc(C(F)(F)F)cn2)CC1)c1ccccc1Cl. The van der Waals surface area contributed by atoms with Crippen molar-refractivity contribution in [2.45, 2.75) is 19.5 Å². The number of amides is 1. The largest absolute Gasteiger partial charge is 0.417 e. The number of carbonyl (C=O) groups excluding carboxylic acids is 1. The number of aromatic nitrogens is 1. The maximum atomic E-state index is 12.7. The van der Waals surface area contributed by atoms with Gasteiger partial charge in [0, 0.05) is 43.5 Å². The highest BCUT2D eigenvalue weighted by atomic mass is 35.5. The quantitative estimate of drug-likeness (QED) is 0.659. The Kier molecular flexibility index (Phi) is 6.47. The molecule has 2 heterocycles. The van der Waals surface area contributed by atoms with E-state index in [0.717, 1.165) is 23.4 Å². The fraction of sp³-hybridized carbons (Fsp3) is 0.333. The molecule has 1 saturated heterocycles. The number of benzene rings is 1. The first-order valence-electron chi connectivity index (χ1n) is 9.26. The molecule has 2 aromatic rings. The van der Waals surface area contributed by atoms with Crippen LogP contribution in [0.15, 0.2) is 48.7 Å². The van der Waals surface area contributed by atoms with Crippen LogP contribution in [0.4, 0.5) is 19.0 Å². The van der Waals surface area contributed by atoms with E-state index in [4.69, 9.17) is 11.6 Å². The Hall–Kier alpha value is -2.54. The number of pyridine rings is 1. The predicted octanol–water partition coefficient (Wildman–Crippen LogP) is 4.90. The summed E-state index contributed by atoms with van der Waals surface area (Å²) in [5, 5.41) is 0.587. The molecule has 0 bridgehead atoms. The third kappa shape index (κ3) is 5.29. The Labute approximate surface area is 172 Å². The fourth-order valence-corrected chi connectivity index (χ4v) is 3.53. The molecule has 0 saturated carbocycles. The zero-order valence-corrected chi connectivity index (χ0v) is 16.7. The highest BCUT2D eigenvalue weighted by molar-refractivity contribution is 6.32. The molecular formula is C21H21ClF3N3O. The van der Waals surface area contributed by atoms with Crippen LogP contribution in [0.1, 0.15) is 24.5 Å². The molecule has 3 rings (SSSR count). The molecule has 0 unspecified atom stereocenters. The highest BCUT2D eigenvalue weighted by Gasteiger charge is 2.31. The van der Waals surface area contributed by atoms with Crippen LogP contribution >= 0.6 is 11.6 Å². The van der Waals surface area contributed by atoms with Gasteiger partial charge in [-0.05, 0) is 42.7 Å². The van der Waals surface area contributed by atoms with Crippen molar-refractivity contribution in [3.8, 4) is 0 Å². The molecule has 1 amide bonds. The van der Waals surface area contributed by atoms with E-state index in [1.54, 1.807) is 17.0 Å². The summed E-state index contributed by atoms with van der Waals surface area (Å²) in [4.78, 5) is 20.3. The molecule has 154 valence electrons. The number of carbonyl (C=O) groups is 1. The first kappa shape index (κ1) is 21.2. The van der Waals surface area contributed by atoms with Gasteiger partial charge < -0.3 is 9.80 Å². The molecule has 29 heavy (non-hydrogen) atoms. The van der Waals surface area contributed by atoms with Gasteiger partial charge in [-0.1, -0.05) is 29.8 Å². The van der Waals surface area contributed by atoms with E-state index in [1.165, 1.54) is 6.07 Å². The first-order chi connectivity index (χ1) is 13.8. The molecule has 0 aliphatic carbocycles. The maximum absolute atomic E-state index is 12.7. The van der Waals surface area contributed by atoms with Crippen LogP contribution < -0.4 is 4.90 Å². The average molecular weight is 424 g/mol. The van der Waals surface area contributed by atoms with Crippen molar-refractivity contribution in [3.63, 3.8) is 0 Å². The number of hydrogen-bond acceptors (Lipinski definition) is 3. The number of alkyl halides is 3. The lowest BCUT2D eigenvalue weighted by molar-refractivity contribution is -0.137. The fourth-order valence-electron chi connectivity index (χ4n) is 3.24. The van der Waals surface area contributed by atoms with Crippen molar-refractivity contribution in [2.24, 2.45) is 0 Å². The summed E-state index contributed by atoms with van der Waals surface area (Å²) in [5.41, 5.74) is 0.826. The third-order valence-electron chi connectivity index (χ3n) is 4.85. The Morgan fingerprint density at radius 2 is 1.86 bits per heavy atom. The van der Waals surface area contributed by atoms with Gasteiger partial charge in [-0.3, -0.25) is 4.79 Å². The smallest absolute Gasteiger partial charge is 0.355 e. The van der Waals surface area contributed by atoms with Crippen molar-refractivity contribution in [3.05, 3.63) is 64.8 Å². The van der Waals surface area contributed by atoms with E-state index in [2.05, 4.69) is 4.98 Å². The van der Waals surface area contributed by atoms with Gasteiger partial charge >= 0.3 is 6.18 Å². The molecule has 0 radical (unpaired) electrons. The molecule has 0 N–H and O–H groups in total. The zero-order valence-electron chi connectivity index (χ0n) is 15.9. The summed E-state index contributed by atoms with van der Waals surface area (Å²) < 4.78 is 38.1. The van der Waals surface area contributed by atoms with Gasteiger partial charge in [0.15, 0.2) is 0 Å². The molecule has 8 heteroatoms. The number of rotatable bonds is 3. The molecule has 4 nitrogen and oxygen atoms in total. The van der Waals surface area contributed by atoms with Gasteiger partial charge in [0.2, 0.25) is 5.91 Å². The molecule has 1 aliphatic rings. The van der Waals surface area contributed by atoms with Crippen molar-refractivity contribution < 1.29 is 18.0 Å². The van der Waals surface area contributed by atoms with E-state index in [-0.39, 0.29) is 5.91 Å². The van der Waals surface area contributed by atoms with Crippen LogP contribution in [-0.4, -0.2) is 42.0 Å². The lowest BCUT2D eigenvalue weighted by Gasteiger charge is -2.22. The van der Waals surface area contributed by atoms with Crippen LogP contribution in [0.5, 0.6) is 0 Å². The molecular weight excluding hydrogens is 403 g/mol. The lowest BCUT2D eigenvalue weighted by atomic mass is 10.1. The number of halogens is 4. The molecule has 1 aromatic carbocycles. The van der Waals surface area contributed by atoms with Crippen LogP contribution in [0.3, 0.4) is 0 Å². The topological polar surface area (TPSA) is 36.4 Å². The zero-order chi connectivity index (χ0) is 21.0. The third-order valence-corrected chi connectivity index (χ3v) is 5.18. The summed E-state index contributed by atoms with van der Waals surface area (Å²) in [6.45, 7) is 4.00. The normalized spacial score (nSPS) is 16.0. The van der Waals surface area contributed by atoms with Crippen molar-refractivity contribution >= 4 is 28.9 Å². The van der Waals surface area contributed by atoms with Gasteiger partial charge in [-0.25, -0.2) is 4.98 Å². The van der Waals surface area contributed by atoms with Crippen molar-refractivity contribution in [1.82, 2.24) is 9.88 Å². The predicted molar refractivity (Wildman–Crippen MR) is 108 cm³/mol. The number of anilines is 1. The van der Waals surface area contributed by atoms with E-state index >= 15 is 0 Å². The van der Waals surface area contributed by atoms with E-state index in [9.17, 15) is 18.0 Å². The molecule has 1 fully saturated rings. The Bertz CT molecular complexity index is 897. The Morgan fingerprint density at radius 1 is 1.10 bits per heavy atom. The lowest BCUT2D eigenvalue weighted by Crippen LogP contribution is -2.34. The van der Waals surface area contributed by atoms with Gasteiger partial charge in [-0.15, -0.1) is 0 Å². The monoisotopic (exact) mass is 423 g/mol. The second kappa shape index (κ2) is 8.86.